The molecule has 1 fully saturated rings. The third-order valence-electron chi connectivity index (χ3n) is 7.17. The van der Waals surface area contributed by atoms with Crippen molar-refractivity contribution in [1.82, 2.24) is 4.90 Å². The third-order valence-corrected chi connectivity index (χ3v) is 7.17. The van der Waals surface area contributed by atoms with Gasteiger partial charge in [0.2, 0.25) is 0 Å². The molecule has 0 aromatic heterocycles. The lowest BCUT2D eigenvalue weighted by Gasteiger charge is -2.27. The highest BCUT2D eigenvalue weighted by molar-refractivity contribution is 5.90. The molecule has 0 spiro atoms. The van der Waals surface area contributed by atoms with Crippen molar-refractivity contribution in [3.05, 3.63) is 78.1 Å². The van der Waals surface area contributed by atoms with E-state index in [9.17, 15) is 24.2 Å². The molecule has 1 aliphatic heterocycles. The van der Waals surface area contributed by atoms with Gasteiger partial charge >= 0.3 is 12.0 Å². The van der Waals surface area contributed by atoms with Gasteiger partial charge in [-0.2, -0.15) is 0 Å². The second kappa shape index (κ2) is 10.9. The number of aliphatic hydroxyl groups is 1. The van der Waals surface area contributed by atoms with Crippen LogP contribution in [0.3, 0.4) is 0 Å². The Bertz CT molecular complexity index is 1340. The van der Waals surface area contributed by atoms with E-state index in [1.807, 2.05) is 13.8 Å². The number of carboxylic acid groups (broad SMARTS) is 1. The lowest BCUT2D eigenvalue weighted by Crippen LogP contribution is -2.41. The average Bonchev–Trinajstić information content (AvgIpc) is 3.29. The second-order valence-electron chi connectivity index (χ2n) is 10.7. The van der Waals surface area contributed by atoms with E-state index in [0.29, 0.717) is 47.2 Å². The SMILES string of the molecule is CC(C)C1(O)CCN(C(=O)Nc2cc(Oc3ccc(F)cc3)cc(Oc3ccc(C(C)(C)C(=O)O)cc3)c2)C1. The van der Waals surface area contributed by atoms with Gasteiger partial charge in [0.05, 0.1) is 17.6 Å². The van der Waals surface area contributed by atoms with Crippen molar-refractivity contribution in [1.29, 1.82) is 0 Å². The minimum Gasteiger partial charge on any atom is -0.481 e. The Labute approximate surface area is 227 Å². The van der Waals surface area contributed by atoms with Crippen molar-refractivity contribution in [2.24, 2.45) is 5.92 Å². The molecule has 1 saturated heterocycles. The first-order valence-electron chi connectivity index (χ1n) is 12.7. The number of ether oxygens (including phenoxy) is 2. The van der Waals surface area contributed by atoms with Crippen molar-refractivity contribution in [3.63, 3.8) is 0 Å². The van der Waals surface area contributed by atoms with Crippen LogP contribution in [0, 0.1) is 11.7 Å². The number of β-amino-alcohol motifs (C(OH)–C–C–N with tert-alkyl or cyclic N) is 1. The number of amides is 2. The summed E-state index contributed by atoms with van der Waals surface area (Å²) in [6.07, 6.45) is 0.495. The van der Waals surface area contributed by atoms with Crippen molar-refractivity contribution in [2.45, 2.75) is 45.1 Å². The molecule has 0 aliphatic carbocycles. The Hall–Kier alpha value is -4.11. The summed E-state index contributed by atoms with van der Waals surface area (Å²) in [6, 6.07) is 16.8. The van der Waals surface area contributed by atoms with Crippen LogP contribution in [0.5, 0.6) is 23.0 Å². The van der Waals surface area contributed by atoms with Crippen LogP contribution in [0.25, 0.3) is 0 Å². The average molecular weight is 537 g/mol. The van der Waals surface area contributed by atoms with Crippen molar-refractivity contribution in [2.75, 3.05) is 18.4 Å². The predicted octanol–water partition coefficient (Wildman–Crippen LogP) is 6.40. The molecule has 0 radical (unpaired) electrons. The number of carboxylic acids is 1. The first kappa shape index (κ1) is 27.9. The number of hydrogen-bond donors (Lipinski definition) is 3. The number of urea groups is 1. The lowest BCUT2D eigenvalue weighted by molar-refractivity contribution is -0.142. The quantitative estimate of drug-likeness (QED) is 0.308. The van der Waals surface area contributed by atoms with E-state index >= 15 is 0 Å². The van der Waals surface area contributed by atoms with Gasteiger partial charge in [-0.15, -0.1) is 0 Å². The van der Waals surface area contributed by atoms with Gasteiger partial charge in [-0.25, -0.2) is 9.18 Å². The molecule has 4 rings (SSSR count). The minimum absolute atomic E-state index is 0.00945. The molecule has 1 atom stereocenters. The molecule has 0 saturated carbocycles. The first-order valence-corrected chi connectivity index (χ1v) is 12.7. The second-order valence-corrected chi connectivity index (χ2v) is 10.7. The Morgan fingerprint density at radius 3 is 1.97 bits per heavy atom. The van der Waals surface area contributed by atoms with E-state index in [4.69, 9.17) is 9.47 Å². The molecule has 3 N–H and O–H groups in total. The summed E-state index contributed by atoms with van der Waals surface area (Å²) < 4.78 is 25.3. The smallest absolute Gasteiger partial charge is 0.321 e. The molecule has 9 heteroatoms. The van der Waals surface area contributed by atoms with Crippen LogP contribution in [0.15, 0.2) is 66.7 Å². The number of carbonyl (C=O) groups is 2. The summed E-state index contributed by atoms with van der Waals surface area (Å²) >= 11 is 0. The van der Waals surface area contributed by atoms with Gasteiger partial charge in [-0.3, -0.25) is 4.79 Å². The fourth-order valence-electron chi connectivity index (χ4n) is 4.26. The zero-order chi connectivity index (χ0) is 28.4. The van der Waals surface area contributed by atoms with E-state index < -0.39 is 22.8 Å². The van der Waals surface area contributed by atoms with Crippen molar-refractivity contribution < 1.29 is 33.7 Å². The van der Waals surface area contributed by atoms with Gasteiger partial charge in [0.25, 0.3) is 0 Å². The van der Waals surface area contributed by atoms with Crippen LogP contribution in [-0.4, -0.2) is 45.8 Å². The standard InChI is InChI=1S/C30H33FN2O6/c1-19(2)30(37)13-14-33(18-30)28(36)32-22-15-25(17-26(16-22)39-24-11-7-21(31)8-12-24)38-23-9-5-20(6-10-23)29(3,4)27(34)35/h5-12,15-17,19,37H,13-14,18H2,1-4H3,(H,32,36)(H,34,35). The van der Waals surface area contributed by atoms with Gasteiger partial charge in [-0.05, 0) is 68.1 Å². The summed E-state index contributed by atoms with van der Waals surface area (Å²) in [7, 11) is 0. The molecule has 206 valence electrons. The summed E-state index contributed by atoms with van der Waals surface area (Å²) in [4.78, 5) is 26.2. The topological polar surface area (TPSA) is 108 Å². The van der Waals surface area contributed by atoms with Gasteiger partial charge < -0.3 is 29.9 Å². The maximum atomic E-state index is 13.4. The molecule has 1 heterocycles. The maximum Gasteiger partial charge on any atom is 0.321 e. The molecular formula is C30H33FN2O6. The monoisotopic (exact) mass is 536 g/mol. The molecule has 0 bridgehead atoms. The lowest BCUT2D eigenvalue weighted by atomic mass is 9.85. The number of hydrogen-bond acceptors (Lipinski definition) is 5. The van der Waals surface area contributed by atoms with Crippen LogP contribution in [-0.2, 0) is 10.2 Å². The van der Waals surface area contributed by atoms with Crippen LogP contribution in [0.1, 0.15) is 39.7 Å². The van der Waals surface area contributed by atoms with E-state index in [1.165, 1.54) is 24.3 Å². The van der Waals surface area contributed by atoms with Gasteiger partial charge in [-0.1, -0.05) is 26.0 Å². The Morgan fingerprint density at radius 1 is 0.949 bits per heavy atom. The number of carbonyl (C=O) groups excluding carboxylic acids is 1. The largest absolute Gasteiger partial charge is 0.481 e. The van der Waals surface area contributed by atoms with Crippen molar-refractivity contribution >= 4 is 17.7 Å². The van der Waals surface area contributed by atoms with E-state index in [0.717, 1.165) is 0 Å². The fraction of sp³-hybridized carbons (Fsp3) is 0.333. The predicted molar refractivity (Wildman–Crippen MR) is 145 cm³/mol. The highest BCUT2D eigenvalue weighted by atomic mass is 19.1. The van der Waals surface area contributed by atoms with E-state index in [-0.39, 0.29) is 18.5 Å². The normalized spacial score (nSPS) is 17.3. The van der Waals surface area contributed by atoms with Gasteiger partial charge in [0.1, 0.15) is 28.8 Å². The minimum atomic E-state index is -1.06. The fourth-order valence-corrected chi connectivity index (χ4v) is 4.26. The summed E-state index contributed by atoms with van der Waals surface area (Å²) in [6.45, 7) is 7.75. The molecule has 3 aromatic carbocycles. The summed E-state index contributed by atoms with van der Waals surface area (Å²) in [5, 5.41) is 23.1. The van der Waals surface area contributed by atoms with Gasteiger partial charge in [0, 0.05) is 30.4 Å². The highest BCUT2D eigenvalue weighted by Gasteiger charge is 2.40. The molecule has 1 aliphatic rings. The van der Waals surface area contributed by atoms with Crippen LogP contribution in [0.2, 0.25) is 0 Å². The molecule has 39 heavy (non-hydrogen) atoms. The van der Waals surface area contributed by atoms with Crippen LogP contribution < -0.4 is 14.8 Å². The number of aliphatic carboxylic acids is 1. The number of rotatable bonds is 8. The number of likely N-dealkylation sites (tertiary alicyclic amines) is 1. The number of benzene rings is 3. The number of nitrogens with one attached hydrogen (secondary N) is 1. The molecule has 2 amide bonds. The number of nitrogens with zero attached hydrogens (tertiary/aromatic N) is 1. The zero-order valence-electron chi connectivity index (χ0n) is 22.4. The molecular weight excluding hydrogens is 503 g/mol. The third kappa shape index (κ3) is 6.49. The highest BCUT2D eigenvalue weighted by Crippen LogP contribution is 2.34. The van der Waals surface area contributed by atoms with Gasteiger partial charge in [0.15, 0.2) is 0 Å². The summed E-state index contributed by atoms with van der Waals surface area (Å²) in [5.41, 5.74) is -0.967. The Morgan fingerprint density at radius 2 is 1.49 bits per heavy atom. The molecule has 1 unspecified atom stereocenters. The molecule has 3 aromatic rings. The first-order chi connectivity index (χ1) is 18.4. The Balaban J connectivity index is 1.57. The van der Waals surface area contributed by atoms with Crippen LogP contribution in [0.4, 0.5) is 14.9 Å². The molecule has 8 nitrogen and oxygen atoms in total. The Kier molecular flexibility index (Phi) is 7.83. The van der Waals surface area contributed by atoms with E-state index in [2.05, 4.69) is 5.32 Å². The maximum absolute atomic E-state index is 13.4. The van der Waals surface area contributed by atoms with Crippen LogP contribution >= 0.6 is 0 Å². The number of halogens is 1. The summed E-state index contributed by atoms with van der Waals surface area (Å²) in [5.74, 6) is 0.231. The zero-order valence-corrected chi connectivity index (χ0v) is 22.4. The van der Waals surface area contributed by atoms with E-state index in [1.54, 1.807) is 61.2 Å². The van der Waals surface area contributed by atoms with Crippen molar-refractivity contribution in [3.8, 4) is 23.0 Å². The number of anilines is 1.